The molecule has 0 saturated carbocycles. The molecule has 4 aliphatic rings. The van der Waals surface area contributed by atoms with E-state index in [1.165, 1.54) is 22.7 Å². The molecule has 0 amide bonds. The number of fused-ring (bicyclic) bond motifs is 11. The molecule has 0 bridgehead atoms. The van der Waals surface area contributed by atoms with Gasteiger partial charge in [-0.1, -0.05) is 168 Å². The molecule has 8 nitrogen and oxygen atoms in total. The maximum absolute atomic E-state index is 14.4. The lowest BCUT2D eigenvalue weighted by molar-refractivity contribution is 0.103. The standard InChI is InChI=1S/C70H40N4O4S4/c1-37-13-21-43(22-14-37)69(44-23-15-38(2)16-24-44)55-31-47(29-53-57(41(33-71)34-72)49-9-5-7-11-51(49)59(53)75)79-63(55)65-61(77-69)67-68(81-65)62-66(82-67)64-56(70(78-62,45-25-17-39(3)18-26-45)46-27-19-40(4)20-28-46)32-48(80-64)30-54-58(42(35-73)36-74)50-10-6-8-12-52(50)60(54)76/h5-32H,1-4H3/b53-29-,54-30-. The average Bonchev–Trinajstić information content (AvgIpc) is 3.15. The Labute approximate surface area is 488 Å². The van der Waals surface area contributed by atoms with E-state index in [-0.39, 0.29) is 33.9 Å². The van der Waals surface area contributed by atoms with Crippen molar-refractivity contribution in [3.05, 3.63) is 268 Å². The normalized spacial score (nSPS) is 15.7. The molecule has 2 aliphatic heterocycles. The number of thiophene rings is 4. The number of Topliss-reactive ketones (excluding diaryl/α,β-unsaturated/α-hetero) is 2. The third-order valence-electron chi connectivity index (χ3n) is 15.9. The summed E-state index contributed by atoms with van der Waals surface area (Å²) in [5.74, 6) is 0.842. The van der Waals surface area contributed by atoms with Gasteiger partial charge in [0.1, 0.15) is 35.4 Å². The number of ketones is 2. The van der Waals surface area contributed by atoms with Gasteiger partial charge in [0.15, 0.2) is 34.3 Å². The molecule has 6 aromatic carbocycles. The van der Waals surface area contributed by atoms with E-state index < -0.39 is 11.2 Å². The van der Waals surface area contributed by atoms with Crippen LogP contribution in [-0.4, -0.2) is 11.6 Å². The molecule has 0 atom stereocenters. The van der Waals surface area contributed by atoms with Crippen molar-refractivity contribution in [2.75, 3.05) is 0 Å². The van der Waals surface area contributed by atoms with Crippen LogP contribution in [0.15, 0.2) is 180 Å². The molecule has 2 aliphatic carbocycles. The first-order valence-corrected chi connectivity index (χ1v) is 29.5. The van der Waals surface area contributed by atoms with Crippen LogP contribution in [0.25, 0.3) is 52.2 Å². The quantitative estimate of drug-likeness (QED) is 0.118. The van der Waals surface area contributed by atoms with Crippen LogP contribution >= 0.6 is 45.3 Å². The van der Waals surface area contributed by atoms with E-state index in [1.54, 1.807) is 59.1 Å². The molecular weight excluding hydrogens is 1090 g/mol. The highest BCUT2D eigenvalue weighted by atomic mass is 32.1. The van der Waals surface area contributed by atoms with Crippen molar-refractivity contribution >= 4 is 89.6 Å². The van der Waals surface area contributed by atoms with Crippen molar-refractivity contribution in [2.45, 2.75) is 38.9 Å². The highest BCUT2D eigenvalue weighted by molar-refractivity contribution is 7.35. The fraction of sp³-hybridized carbons (Fsp3) is 0.0857. The second kappa shape index (κ2) is 18.9. The van der Waals surface area contributed by atoms with Gasteiger partial charge in [-0.3, -0.25) is 9.59 Å². The summed E-state index contributed by atoms with van der Waals surface area (Å²) in [6.45, 7) is 8.24. The van der Waals surface area contributed by atoms with Gasteiger partial charge in [-0.15, -0.1) is 45.3 Å². The van der Waals surface area contributed by atoms with E-state index in [4.69, 9.17) is 9.47 Å². The Morgan fingerprint density at radius 2 is 0.720 bits per heavy atom. The third-order valence-corrected chi connectivity index (χ3v) is 20.8. The summed E-state index contributed by atoms with van der Waals surface area (Å²) in [6.07, 6.45) is 3.65. The van der Waals surface area contributed by atoms with Crippen molar-refractivity contribution in [1.82, 2.24) is 0 Å². The van der Waals surface area contributed by atoms with Gasteiger partial charge in [-0.05, 0) is 63.1 Å². The van der Waals surface area contributed by atoms with E-state index in [0.717, 1.165) is 94.3 Å². The number of carbonyl (C=O) groups is 2. The zero-order chi connectivity index (χ0) is 56.3. The Morgan fingerprint density at radius 1 is 0.415 bits per heavy atom. The number of nitriles is 4. The van der Waals surface area contributed by atoms with Crippen LogP contribution in [0.2, 0.25) is 0 Å². The summed E-state index contributed by atoms with van der Waals surface area (Å²) in [7, 11) is 0. The summed E-state index contributed by atoms with van der Waals surface area (Å²) in [5, 5.41) is 41.1. The molecule has 82 heavy (non-hydrogen) atoms. The predicted molar refractivity (Wildman–Crippen MR) is 326 cm³/mol. The van der Waals surface area contributed by atoms with E-state index >= 15 is 0 Å². The maximum Gasteiger partial charge on any atom is 0.194 e. The number of aryl methyl sites for hydroxylation is 4. The molecule has 10 aromatic rings. The molecule has 388 valence electrons. The molecule has 0 N–H and O–H groups in total. The summed E-state index contributed by atoms with van der Waals surface area (Å²) in [5.41, 5.74) is 10.1. The first-order valence-electron chi connectivity index (χ1n) is 26.3. The fourth-order valence-corrected chi connectivity index (χ4v) is 17.1. The van der Waals surface area contributed by atoms with Crippen molar-refractivity contribution in [3.8, 4) is 55.3 Å². The molecule has 0 spiro atoms. The molecule has 0 radical (unpaired) electrons. The second-order valence-corrected chi connectivity index (χ2v) is 25.0. The molecule has 0 saturated heterocycles. The van der Waals surface area contributed by atoms with E-state index in [9.17, 15) is 30.6 Å². The lowest BCUT2D eigenvalue weighted by Crippen LogP contribution is -2.37. The lowest BCUT2D eigenvalue weighted by atomic mass is 9.78. The van der Waals surface area contributed by atoms with Gasteiger partial charge < -0.3 is 9.47 Å². The fourth-order valence-electron chi connectivity index (χ4n) is 11.9. The summed E-state index contributed by atoms with van der Waals surface area (Å²) in [4.78, 5) is 34.0. The molecule has 0 fully saturated rings. The number of allylic oxidation sites excluding steroid dienone is 6. The molecule has 12 heteroatoms. The Morgan fingerprint density at radius 3 is 1.02 bits per heavy atom. The van der Waals surface area contributed by atoms with Crippen LogP contribution in [0.1, 0.15) is 97.2 Å². The van der Waals surface area contributed by atoms with E-state index in [1.807, 2.05) is 24.3 Å². The highest BCUT2D eigenvalue weighted by Gasteiger charge is 2.51. The summed E-state index contributed by atoms with van der Waals surface area (Å²) in [6, 6.07) is 60.4. The minimum absolute atomic E-state index is 0.134. The monoisotopic (exact) mass is 1130 g/mol. The minimum atomic E-state index is -1.22. The van der Waals surface area contributed by atoms with Gasteiger partial charge in [-0.2, -0.15) is 21.0 Å². The molecule has 0 unspecified atom stereocenters. The number of hydrogen-bond acceptors (Lipinski definition) is 12. The van der Waals surface area contributed by atoms with Crippen LogP contribution in [0.3, 0.4) is 0 Å². The molecule has 6 heterocycles. The Kier molecular flexibility index (Phi) is 11.7. The van der Waals surface area contributed by atoms with Gasteiger partial charge >= 0.3 is 0 Å². The van der Waals surface area contributed by atoms with Gasteiger partial charge in [0, 0.05) is 76.6 Å². The summed E-state index contributed by atoms with van der Waals surface area (Å²) >= 11 is 6.25. The first kappa shape index (κ1) is 50.5. The van der Waals surface area contributed by atoms with Crippen molar-refractivity contribution in [1.29, 1.82) is 21.0 Å². The van der Waals surface area contributed by atoms with Gasteiger partial charge in [0.2, 0.25) is 0 Å². The van der Waals surface area contributed by atoms with Crippen molar-refractivity contribution in [2.24, 2.45) is 0 Å². The number of nitrogens with zero attached hydrogens (tertiary/aromatic N) is 4. The molecular formula is C70H40N4O4S4. The lowest BCUT2D eigenvalue weighted by Gasteiger charge is -2.39. The van der Waals surface area contributed by atoms with Crippen LogP contribution in [-0.2, 0) is 11.2 Å². The van der Waals surface area contributed by atoms with Crippen LogP contribution < -0.4 is 9.47 Å². The first-order chi connectivity index (χ1) is 39.9. The Balaban J connectivity index is 1.05. The van der Waals surface area contributed by atoms with Crippen molar-refractivity contribution < 1.29 is 19.1 Å². The van der Waals surface area contributed by atoms with Gasteiger partial charge in [0.25, 0.3) is 0 Å². The molecule has 4 aromatic heterocycles. The van der Waals surface area contributed by atoms with Crippen LogP contribution in [0.4, 0.5) is 0 Å². The van der Waals surface area contributed by atoms with Crippen molar-refractivity contribution in [3.63, 3.8) is 0 Å². The minimum Gasteiger partial charge on any atom is -0.470 e. The zero-order valence-corrected chi connectivity index (χ0v) is 47.5. The van der Waals surface area contributed by atoms with E-state index in [0.29, 0.717) is 44.9 Å². The zero-order valence-electron chi connectivity index (χ0n) is 44.2. The number of carbonyl (C=O) groups excluding carboxylic acids is 2. The third kappa shape index (κ3) is 7.34. The maximum atomic E-state index is 14.4. The highest BCUT2D eigenvalue weighted by Crippen LogP contribution is 2.67. The number of hydrogen-bond donors (Lipinski definition) is 0. The van der Waals surface area contributed by atoms with Crippen LogP contribution in [0.5, 0.6) is 11.5 Å². The van der Waals surface area contributed by atoms with Gasteiger partial charge in [-0.25, -0.2) is 0 Å². The number of benzene rings is 6. The Hall–Kier alpha value is -9.76. The van der Waals surface area contributed by atoms with E-state index in [2.05, 4.69) is 161 Å². The topological polar surface area (TPSA) is 148 Å². The summed E-state index contributed by atoms with van der Waals surface area (Å²) < 4.78 is 17.6. The smallest absolute Gasteiger partial charge is 0.194 e. The SMILES string of the molecule is Cc1ccc(C2(c3ccc(C)cc3)Oc3c(sc4c5c(sc34)-c3sc(/C=C4\C(=O)c6ccccc6C4=C(C#N)C#N)cc3C(c3ccc(C)cc3)(c3ccc(C)cc3)O5)-c3sc(/C=C4\C(=O)c5ccccc5C4=C(C#N)C#N)cc32)cc1. The molecule has 14 rings (SSSR count). The number of ether oxygens (including phenoxy) is 2. The Bertz CT molecular complexity index is 4370. The average molecular weight is 1130 g/mol. The largest absolute Gasteiger partial charge is 0.470 e. The second-order valence-electron chi connectivity index (χ2n) is 20.8. The predicted octanol–water partition coefficient (Wildman–Crippen LogP) is 17.2. The van der Waals surface area contributed by atoms with Crippen LogP contribution in [0, 0.1) is 73.0 Å². The van der Waals surface area contributed by atoms with Gasteiger partial charge in [0.05, 0.1) is 28.9 Å². The number of rotatable bonds is 6.